The number of nitrogens with one attached hydrogen (secondary N) is 2. The number of rotatable bonds is 4. The summed E-state index contributed by atoms with van der Waals surface area (Å²) in [6, 6.07) is 20.5. The molecule has 5 heteroatoms. The third-order valence-corrected chi connectivity index (χ3v) is 4.53. The van der Waals surface area contributed by atoms with Crippen molar-refractivity contribution in [2.45, 2.75) is 6.04 Å². The van der Waals surface area contributed by atoms with Crippen LogP contribution in [0.25, 0.3) is 0 Å². The summed E-state index contributed by atoms with van der Waals surface area (Å²) in [6.07, 6.45) is 0. The van der Waals surface area contributed by atoms with E-state index >= 15 is 0 Å². The number of carbonyl (C=O) groups is 1. The van der Waals surface area contributed by atoms with Crippen molar-refractivity contribution in [3.63, 3.8) is 0 Å². The van der Waals surface area contributed by atoms with E-state index in [1.807, 2.05) is 47.8 Å². The third-order valence-electron chi connectivity index (χ3n) is 3.34. The molecule has 0 saturated heterocycles. The molecule has 0 radical (unpaired) electrons. The van der Waals surface area contributed by atoms with E-state index < -0.39 is 0 Å². The van der Waals surface area contributed by atoms with E-state index in [0.717, 1.165) is 10.4 Å². The Morgan fingerprint density at radius 2 is 1.70 bits per heavy atom. The van der Waals surface area contributed by atoms with Crippen molar-refractivity contribution in [1.29, 1.82) is 0 Å². The van der Waals surface area contributed by atoms with Crippen LogP contribution in [0, 0.1) is 0 Å². The summed E-state index contributed by atoms with van der Waals surface area (Å²) in [7, 11) is 0. The molecule has 0 fully saturated rings. The van der Waals surface area contributed by atoms with E-state index in [-0.39, 0.29) is 12.1 Å². The highest BCUT2D eigenvalue weighted by atomic mass is 35.5. The van der Waals surface area contributed by atoms with E-state index in [0.29, 0.717) is 10.7 Å². The molecule has 23 heavy (non-hydrogen) atoms. The highest BCUT2D eigenvalue weighted by Crippen LogP contribution is 2.26. The number of urea groups is 1. The molecule has 2 N–H and O–H groups in total. The van der Waals surface area contributed by atoms with Crippen LogP contribution in [0.15, 0.2) is 72.1 Å². The fourth-order valence-corrected chi connectivity index (χ4v) is 3.18. The standard InChI is InChI=1S/C18H15ClN2OS/c19-14-8-10-15(11-9-14)20-18(22)21-17(16-7-4-12-23-16)13-5-2-1-3-6-13/h1-12,17H,(H2,20,21,22)/t17-/m1/s1. The van der Waals surface area contributed by atoms with E-state index in [9.17, 15) is 4.79 Å². The summed E-state index contributed by atoms with van der Waals surface area (Å²) in [5, 5.41) is 8.49. The summed E-state index contributed by atoms with van der Waals surface area (Å²) >= 11 is 7.47. The van der Waals surface area contributed by atoms with Gasteiger partial charge in [0.25, 0.3) is 0 Å². The van der Waals surface area contributed by atoms with Crippen LogP contribution in [0.5, 0.6) is 0 Å². The molecule has 1 atom stereocenters. The lowest BCUT2D eigenvalue weighted by Gasteiger charge is -2.18. The molecule has 1 aromatic heterocycles. The second-order valence-corrected chi connectivity index (χ2v) is 6.38. The van der Waals surface area contributed by atoms with Gasteiger partial charge in [-0.3, -0.25) is 0 Å². The molecule has 0 aliphatic rings. The predicted octanol–water partition coefficient (Wildman–Crippen LogP) is 5.31. The zero-order valence-corrected chi connectivity index (χ0v) is 13.8. The van der Waals surface area contributed by atoms with Crippen LogP contribution in [-0.4, -0.2) is 6.03 Å². The van der Waals surface area contributed by atoms with E-state index in [2.05, 4.69) is 10.6 Å². The van der Waals surface area contributed by atoms with Crippen LogP contribution in [0.2, 0.25) is 5.02 Å². The molecular weight excluding hydrogens is 328 g/mol. The molecule has 0 saturated carbocycles. The number of benzene rings is 2. The number of amides is 2. The average Bonchev–Trinajstić information content (AvgIpc) is 3.10. The molecule has 3 nitrogen and oxygen atoms in total. The van der Waals surface area contributed by atoms with Crippen LogP contribution in [-0.2, 0) is 0 Å². The first-order valence-corrected chi connectivity index (χ1v) is 8.39. The number of carbonyl (C=O) groups excluding carboxylic acids is 1. The maximum atomic E-state index is 12.3. The Morgan fingerprint density at radius 1 is 0.957 bits per heavy atom. The number of hydrogen-bond donors (Lipinski definition) is 2. The van der Waals surface area contributed by atoms with Crippen LogP contribution in [0.1, 0.15) is 16.5 Å². The molecule has 0 unspecified atom stereocenters. The van der Waals surface area contributed by atoms with Crippen LogP contribution >= 0.6 is 22.9 Å². The quantitative estimate of drug-likeness (QED) is 0.662. The maximum Gasteiger partial charge on any atom is 0.320 e. The first-order valence-electron chi connectivity index (χ1n) is 7.14. The minimum atomic E-state index is -0.255. The van der Waals surface area contributed by atoms with Gasteiger partial charge in [0.15, 0.2) is 0 Å². The molecule has 0 aliphatic heterocycles. The second kappa shape index (κ2) is 7.31. The number of halogens is 1. The predicted molar refractivity (Wildman–Crippen MR) is 96.2 cm³/mol. The van der Waals surface area contributed by atoms with Gasteiger partial charge in [0.2, 0.25) is 0 Å². The van der Waals surface area contributed by atoms with Crippen molar-refractivity contribution in [1.82, 2.24) is 5.32 Å². The molecule has 1 heterocycles. The molecule has 2 aromatic carbocycles. The van der Waals surface area contributed by atoms with Crippen molar-refractivity contribution in [2.24, 2.45) is 0 Å². The van der Waals surface area contributed by atoms with E-state index in [4.69, 9.17) is 11.6 Å². The van der Waals surface area contributed by atoms with Gasteiger partial charge < -0.3 is 10.6 Å². The molecule has 3 aromatic rings. The Balaban J connectivity index is 1.76. The highest BCUT2D eigenvalue weighted by Gasteiger charge is 2.17. The largest absolute Gasteiger partial charge is 0.326 e. The Bertz CT molecular complexity index is 757. The Labute approximate surface area is 143 Å². The van der Waals surface area contributed by atoms with Gasteiger partial charge in [0.05, 0.1) is 6.04 Å². The summed E-state index contributed by atoms with van der Waals surface area (Å²) in [5.74, 6) is 0. The van der Waals surface area contributed by atoms with Gasteiger partial charge in [-0.05, 0) is 41.3 Å². The second-order valence-electron chi connectivity index (χ2n) is 4.96. The van der Waals surface area contributed by atoms with Gasteiger partial charge in [-0.2, -0.15) is 0 Å². The first-order chi connectivity index (χ1) is 11.2. The fourth-order valence-electron chi connectivity index (χ4n) is 2.25. The normalized spacial score (nSPS) is 11.7. The fraction of sp³-hybridized carbons (Fsp3) is 0.0556. The monoisotopic (exact) mass is 342 g/mol. The van der Waals surface area contributed by atoms with Gasteiger partial charge in [-0.15, -0.1) is 11.3 Å². The summed E-state index contributed by atoms with van der Waals surface area (Å²) in [5.41, 5.74) is 1.74. The molecule has 0 spiro atoms. The van der Waals surface area contributed by atoms with Crippen molar-refractivity contribution in [2.75, 3.05) is 5.32 Å². The Hall–Kier alpha value is -2.30. The molecule has 116 valence electrons. The highest BCUT2D eigenvalue weighted by molar-refractivity contribution is 7.10. The summed E-state index contributed by atoms with van der Waals surface area (Å²) in [6.45, 7) is 0. The third kappa shape index (κ3) is 4.12. The van der Waals surface area contributed by atoms with Crippen molar-refractivity contribution in [3.8, 4) is 0 Å². The number of thiophene rings is 1. The lowest BCUT2D eigenvalue weighted by Crippen LogP contribution is -2.32. The van der Waals surface area contributed by atoms with Crippen molar-refractivity contribution in [3.05, 3.63) is 87.6 Å². The summed E-state index contributed by atoms with van der Waals surface area (Å²) < 4.78 is 0. The number of hydrogen-bond acceptors (Lipinski definition) is 2. The smallest absolute Gasteiger partial charge is 0.320 e. The Morgan fingerprint density at radius 3 is 2.35 bits per heavy atom. The minimum Gasteiger partial charge on any atom is -0.326 e. The average molecular weight is 343 g/mol. The minimum absolute atomic E-state index is 0.177. The van der Waals surface area contributed by atoms with Crippen LogP contribution in [0.4, 0.5) is 10.5 Å². The van der Waals surface area contributed by atoms with E-state index in [1.165, 1.54) is 0 Å². The van der Waals surface area contributed by atoms with Crippen LogP contribution in [0.3, 0.4) is 0 Å². The SMILES string of the molecule is O=C(Nc1ccc(Cl)cc1)N[C@H](c1ccccc1)c1cccs1. The molecule has 0 bridgehead atoms. The lowest BCUT2D eigenvalue weighted by atomic mass is 10.1. The maximum absolute atomic E-state index is 12.3. The Kier molecular flexibility index (Phi) is 4.95. The van der Waals surface area contributed by atoms with Crippen molar-refractivity contribution >= 4 is 34.7 Å². The zero-order chi connectivity index (χ0) is 16.1. The van der Waals surface area contributed by atoms with Gasteiger partial charge in [0.1, 0.15) is 0 Å². The van der Waals surface area contributed by atoms with E-state index in [1.54, 1.807) is 35.6 Å². The first kappa shape index (κ1) is 15.6. The lowest BCUT2D eigenvalue weighted by molar-refractivity contribution is 0.250. The van der Waals surface area contributed by atoms with Gasteiger partial charge in [-0.25, -0.2) is 4.79 Å². The zero-order valence-electron chi connectivity index (χ0n) is 12.2. The summed E-state index contributed by atoms with van der Waals surface area (Å²) in [4.78, 5) is 13.4. The number of anilines is 1. The molecular formula is C18H15ClN2OS. The van der Waals surface area contributed by atoms with Gasteiger partial charge >= 0.3 is 6.03 Å². The molecule has 2 amide bonds. The molecule has 0 aliphatic carbocycles. The topological polar surface area (TPSA) is 41.1 Å². The molecule has 3 rings (SSSR count). The van der Waals surface area contributed by atoms with Crippen LogP contribution < -0.4 is 10.6 Å². The van der Waals surface area contributed by atoms with Gasteiger partial charge in [0, 0.05) is 15.6 Å². The van der Waals surface area contributed by atoms with Crippen molar-refractivity contribution < 1.29 is 4.79 Å². The van der Waals surface area contributed by atoms with Gasteiger partial charge in [-0.1, -0.05) is 48.0 Å².